The molecular weight excluding hydrogens is 354 g/mol. The maximum Gasteiger partial charge on any atom is 0.268 e. The standard InChI is InChI=1S/C22H27N3O3/c1-14(2)17-5-4-6-18(13-17)25-12-7-15(3)19(22(25)28)21(27)24-10-8-16(9-11-24)20(23)26/h4-7,12-14,16H,8-11H2,1-3H3,(H2,23,26). The Balaban J connectivity index is 1.94. The number of hydrogen-bond donors (Lipinski definition) is 1. The second-order valence-electron chi connectivity index (χ2n) is 7.77. The number of carbonyl (C=O) groups is 2. The predicted molar refractivity (Wildman–Crippen MR) is 109 cm³/mol. The van der Waals surface area contributed by atoms with Gasteiger partial charge in [-0.3, -0.25) is 19.0 Å². The minimum absolute atomic E-state index is 0.190. The van der Waals surface area contributed by atoms with Crippen LogP contribution in [0.15, 0.2) is 41.3 Å². The molecule has 1 aromatic carbocycles. The van der Waals surface area contributed by atoms with E-state index in [0.29, 0.717) is 37.4 Å². The van der Waals surface area contributed by atoms with Gasteiger partial charge in [-0.25, -0.2) is 0 Å². The summed E-state index contributed by atoms with van der Waals surface area (Å²) in [5, 5.41) is 0. The van der Waals surface area contributed by atoms with E-state index < -0.39 is 0 Å². The number of primary amides is 1. The molecule has 0 radical (unpaired) electrons. The van der Waals surface area contributed by atoms with Crippen molar-refractivity contribution in [1.82, 2.24) is 9.47 Å². The summed E-state index contributed by atoms with van der Waals surface area (Å²) in [7, 11) is 0. The number of amides is 2. The number of rotatable bonds is 4. The monoisotopic (exact) mass is 381 g/mol. The smallest absolute Gasteiger partial charge is 0.268 e. The van der Waals surface area contributed by atoms with Crippen molar-refractivity contribution in [1.29, 1.82) is 0 Å². The van der Waals surface area contributed by atoms with Crippen molar-refractivity contribution in [2.45, 2.75) is 39.5 Å². The van der Waals surface area contributed by atoms with Gasteiger partial charge < -0.3 is 10.6 Å². The van der Waals surface area contributed by atoms with Gasteiger partial charge in [0.15, 0.2) is 0 Å². The van der Waals surface area contributed by atoms with Gasteiger partial charge in [-0.1, -0.05) is 26.0 Å². The molecule has 6 heteroatoms. The van der Waals surface area contributed by atoms with Crippen molar-refractivity contribution in [3.63, 3.8) is 0 Å². The first-order valence-corrected chi connectivity index (χ1v) is 9.70. The van der Waals surface area contributed by atoms with Crippen LogP contribution in [0.2, 0.25) is 0 Å². The lowest BCUT2D eigenvalue weighted by Gasteiger charge is -2.30. The summed E-state index contributed by atoms with van der Waals surface area (Å²) in [6.45, 7) is 6.84. The summed E-state index contributed by atoms with van der Waals surface area (Å²) >= 11 is 0. The van der Waals surface area contributed by atoms with Gasteiger partial charge in [0, 0.05) is 30.9 Å². The molecule has 2 heterocycles. The first-order valence-electron chi connectivity index (χ1n) is 9.70. The Morgan fingerprint density at radius 1 is 1.14 bits per heavy atom. The molecule has 0 bridgehead atoms. The van der Waals surface area contributed by atoms with Gasteiger partial charge in [-0.05, 0) is 55.0 Å². The lowest BCUT2D eigenvalue weighted by atomic mass is 9.95. The summed E-state index contributed by atoms with van der Waals surface area (Å²) in [4.78, 5) is 39.2. The number of benzene rings is 1. The van der Waals surface area contributed by atoms with E-state index in [1.807, 2.05) is 24.3 Å². The van der Waals surface area contributed by atoms with Gasteiger partial charge >= 0.3 is 0 Å². The van der Waals surface area contributed by atoms with Crippen LogP contribution in [0.25, 0.3) is 5.69 Å². The Morgan fingerprint density at radius 2 is 1.82 bits per heavy atom. The molecule has 0 saturated carbocycles. The molecule has 0 spiro atoms. The zero-order valence-corrected chi connectivity index (χ0v) is 16.6. The average molecular weight is 381 g/mol. The molecule has 0 atom stereocenters. The van der Waals surface area contributed by atoms with Crippen molar-refractivity contribution in [3.8, 4) is 5.69 Å². The number of aryl methyl sites for hydroxylation is 1. The minimum atomic E-state index is -0.324. The zero-order chi connectivity index (χ0) is 20.4. The molecule has 1 aliphatic heterocycles. The summed E-state index contributed by atoms with van der Waals surface area (Å²) in [5.41, 5.74) is 7.78. The lowest BCUT2D eigenvalue weighted by molar-refractivity contribution is -0.123. The summed E-state index contributed by atoms with van der Waals surface area (Å²) in [6.07, 6.45) is 2.79. The van der Waals surface area contributed by atoms with Crippen molar-refractivity contribution < 1.29 is 9.59 Å². The molecule has 1 aromatic heterocycles. The van der Waals surface area contributed by atoms with Crippen LogP contribution in [0.1, 0.15) is 54.1 Å². The fourth-order valence-electron chi connectivity index (χ4n) is 3.65. The number of hydrogen-bond acceptors (Lipinski definition) is 3. The van der Waals surface area contributed by atoms with Crippen LogP contribution in [0.3, 0.4) is 0 Å². The molecule has 6 nitrogen and oxygen atoms in total. The molecular formula is C22H27N3O3. The Bertz CT molecular complexity index is 954. The number of carbonyl (C=O) groups excluding carboxylic acids is 2. The summed E-state index contributed by atoms with van der Waals surface area (Å²) < 4.78 is 1.53. The van der Waals surface area contributed by atoms with Crippen molar-refractivity contribution in [3.05, 3.63) is 63.6 Å². The third-order valence-corrected chi connectivity index (χ3v) is 5.51. The molecule has 3 rings (SSSR count). The van der Waals surface area contributed by atoms with Crippen LogP contribution >= 0.6 is 0 Å². The second kappa shape index (κ2) is 8.00. The van der Waals surface area contributed by atoms with Crippen LogP contribution in [-0.2, 0) is 4.79 Å². The van der Waals surface area contributed by atoms with Crippen molar-refractivity contribution >= 4 is 11.8 Å². The third-order valence-electron chi connectivity index (χ3n) is 5.51. The number of aromatic nitrogens is 1. The zero-order valence-electron chi connectivity index (χ0n) is 16.6. The highest BCUT2D eigenvalue weighted by Gasteiger charge is 2.28. The van der Waals surface area contributed by atoms with E-state index in [1.165, 1.54) is 4.57 Å². The van der Waals surface area contributed by atoms with Crippen molar-refractivity contribution in [2.75, 3.05) is 13.1 Å². The molecule has 1 fully saturated rings. The van der Waals surface area contributed by atoms with Gasteiger partial charge in [-0.15, -0.1) is 0 Å². The summed E-state index contributed by atoms with van der Waals surface area (Å²) in [6, 6.07) is 9.60. The first-order chi connectivity index (χ1) is 13.3. The first kappa shape index (κ1) is 19.9. The van der Waals surface area contributed by atoms with Crippen LogP contribution in [0, 0.1) is 12.8 Å². The molecule has 148 valence electrons. The van der Waals surface area contributed by atoms with Gasteiger partial charge in [0.1, 0.15) is 5.56 Å². The predicted octanol–water partition coefficient (Wildman–Crippen LogP) is 2.61. The highest BCUT2D eigenvalue weighted by molar-refractivity contribution is 5.95. The van der Waals surface area contributed by atoms with Crippen LogP contribution < -0.4 is 11.3 Å². The minimum Gasteiger partial charge on any atom is -0.369 e. The SMILES string of the molecule is Cc1ccn(-c2cccc(C(C)C)c2)c(=O)c1C(=O)N1CCC(C(N)=O)CC1. The van der Waals surface area contributed by atoms with E-state index in [4.69, 9.17) is 5.73 Å². The Hall–Kier alpha value is -2.89. The average Bonchev–Trinajstić information content (AvgIpc) is 2.68. The summed E-state index contributed by atoms with van der Waals surface area (Å²) in [5.74, 6) is -0.458. The van der Waals surface area contributed by atoms with Crippen LogP contribution in [-0.4, -0.2) is 34.4 Å². The fourth-order valence-corrected chi connectivity index (χ4v) is 3.65. The lowest BCUT2D eigenvalue weighted by Crippen LogP contribution is -2.44. The Kier molecular flexibility index (Phi) is 5.68. The topological polar surface area (TPSA) is 85.4 Å². The van der Waals surface area contributed by atoms with Gasteiger partial charge in [-0.2, -0.15) is 0 Å². The van der Waals surface area contributed by atoms with Crippen LogP contribution in [0.4, 0.5) is 0 Å². The molecule has 28 heavy (non-hydrogen) atoms. The molecule has 2 amide bonds. The number of nitrogens with two attached hydrogens (primary N) is 1. The van der Waals surface area contributed by atoms with E-state index in [0.717, 1.165) is 11.3 Å². The van der Waals surface area contributed by atoms with E-state index >= 15 is 0 Å². The van der Waals surface area contributed by atoms with E-state index in [1.54, 1.807) is 24.1 Å². The maximum atomic E-state index is 13.2. The number of pyridine rings is 1. The fraction of sp³-hybridized carbons (Fsp3) is 0.409. The molecule has 0 aliphatic carbocycles. The van der Waals surface area contributed by atoms with E-state index in [2.05, 4.69) is 13.8 Å². The van der Waals surface area contributed by atoms with E-state index in [-0.39, 0.29) is 28.9 Å². The highest BCUT2D eigenvalue weighted by Crippen LogP contribution is 2.20. The maximum absolute atomic E-state index is 13.2. The Labute approximate surface area is 165 Å². The van der Waals surface area contributed by atoms with Gasteiger partial charge in [0.05, 0.1) is 0 Å². The largest absolute Gasteiger partial charge is 0.369 e. The van der Waals surface area contributed by atoms with Gasteiger partial charge in [0.2, 0.25) is 5.91 Å². The molecule has 2 N–H and O–H groups in total. The van der Waals surface area contributed by atoms with Gasteiger partial charge in [0.25, 0.3) is 11.5 Å². The number of nitrogens with zero attached hydrogens (tertiary/aromatic N) is 2. The van der Waals surface area contributed by atoms with Crippen LogP contribution in [0.5, 0.6) is 0 Å². The molecule has 1 saturated heterocycles. The number of piperidine rings is 1. The van der Waals surface area contributed by atoms with Crippen molar-refractivity contribution in [2.24, 2.45) is 11.7 Å². The quantitative estimate of drug-likeness (QED) is 0.883. The Morgan fingerprint density at radius 3 is 2.43 bits per heavy atom. The molecule has 2 aromatic rings. The number of likely N-dealkylation sites (tertiary alicyclic amines) is 1. The normalized spacial score (nSPS) is 15.1. The third kappa shape index (κ3) is 3.86. The molecule has 1 aliphatic rings. The van der Waals surface area contributed by atoms with E-state index in [9.17, 15) is 14.4 Å². The highest BCUT2D eigenvalue weighted by atomic mass is 16.2. The second-order valence-corrected chi connectivity index (χ2v) is 7.77. The molecule has 0 unspecified atom stereocenters.